The average Bonchev–Trinajstić information content (AvgIpc) is 2.36. The topological polar surface area (TPSA) is 67.4 Å². The SMILES string of the molecule is C#CC(C)NC(=O)C1CCC(NC(=O)OC(C)(C)C)CC1. The highest BCUT2D eigenvalue weighted by Gasteiger charge is 2.28. The molecule has 5 nitrogen and oxygen atoms in total. The Labute approximate surface area is 127 Å². The van der Waals surface area contributed by atoms with Crippen LogP contribution in [-0.2, 0) is 9.53 Å². The lowest BCUT2D eigenvalue weighted by molar-refractivity contribution is -0.126. The molecule has 118 valence electrons. The minimum absolute atomic E-state index is 0.0103. The number of rotatable bonds is 3. The third-order valence-electron chi connectivity index (χ3n) is 3.43. The number of nitrogens with one attached hydrogen (secondary N) is 2. The van der Waals surface area contributed by atoms with E-state index in [1.807, 2.05) is 20.8 Å². The second kappa shape index (κ2) is 7.35. The Balaban J connectivity index is 2.34. The number of hydrogen-bond acceptors (Lipinski definition) is 3. The van der Waals surface area contributed by atoms with E-state index in [-0.39, 0.29) is 23.9 Å². The summed E-state index contributed by atoms with van der Waals surface area (Å²) in [4.78, 5) is 23.7. The highest BCUT2D eigenvalue weighted by molar-refractivity contribution is 5.79. The molecular formula is C16H26N2O3. The Morgan fingerprint density at radius 1 is 1.24 bits per heavy atom. The summed E-state index contributed by atoms with van der Waals surface area (Å²) in [6.45, 7) is 7.29. The second-order valence-electron chi connectivity index (χ2n) is 6.59. The van der Waals surface area contributed by atoms with Crippen LogP contribution in [0.3, 0.4) is 0 Å². The molecule has 0 aromatic rings. The smallest absolute Gasteiger partial charge is 0.407 e. The number of amides is 2. The van der Waals surface area contributed by atoms with Gasteiger partial charge in [0.25, 0.3) is 0 Å². The molecule has 1 rings (SSSR count). The van der Waals surface area contributed by atoms with Crippen molar-refractivity contribution in [2.75, 3.05) is 0 Å². The summed E-state index contributed by atoms with van der Waals surface area (Å²) < 4.78 is 5.23. The van der Waals surface area contributed by atoms with Gasteiger partial charge < -0.3 is 15.4 Å². The maximum absolute atomic E-state index is 12.0. The van der Waals surface area contributed by atoms with Crippen LogP contribution in [0.5, 0.6) is 0 Å². The molecule has 5 heteroatoms. The summed E-state index contributed by atoms with van der Waals surface area (Å²) in [7, 11) is 0. The van der Waals surface area contributed by atoms with Crippen LogP contribution in [0.2, 0.25) is 0 Å². The van der Waals surface area contributed by atoms with Crippen molar-refractivity contribution in [3.8, 4) is 12.3 Å². The zero-order chi connectivity index (χ0) is 16.0. The first-order chi connectivity index (χ1) is 9.71. The van der Waals surface area contributed by atoms with Gasteiger partial charge in [0.2, 0.25) is 5.91 Å². The fraction of sp³-hybridized carbons (Fsp3) is 0.750. The summed E-state index contributed by atoms with van der Waals surface area (Å²) in [5.41, 5.74) is -0.494. The van der Waals surface area contributed by atoms with Gasteiger partial charge in [-0.3, -0.25) is 4.79 Å². The summed E-state index contributed by atoms with van der Waals surface area (Å²) >= 11 is 0. The van der Waals surface area contributed by atoms with Crippen LogP contribution in [0.1, 0.15) is 53.4 Å². The van der Waals surface area contributed by atoms with Crippen molar-refractivity contribution in [2.45, 2.75) is 71.1 Å². The average molecular weight is 294 g/mol. The van der Waals surface area contributed by atoms with E-state index in [0.29, 0.717) is 0 Å². The maximum Gasteiger partial charge on any atom is 0.407 e. The number of alkyl carbamates (subject to hydrolysis) is 1. The van der Waals surface area contributed by atoms with Gasteiger partial charge in [-0.2, -0.15) is 0 Å². The Kier molecular flexibility index (Phi) is 6.07. The first-order valence-corrected chi connectivity index (χ1v) is 7.47. The number of hydrogen-bond donors (Lipinski definition) is 2. The molecule has 0 aromatic heterocycles. The van der Waals surface area contributed by atoms with Crippen LogP contribution in [-0.4, -0.2) is 29.7 Å². The van der Waals surface area contributed by atoms with Gasteiger partial charge in [-0.1, -0.05) is 5.92 Å². The molecule has 0 saturated heterocycles. The van der Waals surface area contributed by atoms with Gasteiger partial charge in [-0.05, 0) is 53.4 Å². The lowest BCUT2D eigenvalue weighted by atomic mass is 9.85. The Morgan fingerprint density at radius 3 is 2.29 bits per heavy atom. The Morgan fingerprint density at radius 2 is 1.81 bits per heavy atom. The third-order valence-corrected chi connectivity index (χ3v) is 3.43. The molecule has 1 atom stereocenters. The summed E-state index contributed by atoms with van der Waals surface area (Å²) in [5, 5.41) is 5.66. The van der Waals surface area contributed by atoms with E-state index in [2.05, 4.69) is 16.6 Å². The van der Waals surface area contributed by atoms with Crippen molar-refractivity contribution in [1.29, 1.82) is 0 Å². The predicted molar refractivity (Wildman–Crippen MR) is 81.6 cm³/mol. The van der Waals surface area contributed by atoms with Crippen LogP contribution in [0.25, 0.3) is 0 Å². The van der Waals surface area contributed by atoms with E-state index in [1.54, 1.807) is 6.92 Å². The minimum Gasteiger partial charge on any atom is -0.444 e. The maximum atomic E-state index is 12.0. The molecule has 1 aliphatic carbocycles. The number of carbonyl (C=O) groups excluding carboxylic acids is 2. The molecule has 2 N–H and O–H groups in total. The van der Waals surface area contributed by atoms with Crippen molar-refractivity contribution in [1.82, 2.24) is 10.6 Å². The van der Waals surface area contributed by atoms with Crippen molar-refractivity contribution >= 4 is 12.0 Å². The molecule has 0 radical (unpaired) electrons. The summed E-state index contributed by atoms with van der Waals surface area (Å²) in [6.07, 6.45) is 7.92. The number of ether oxygens (including phenoxy) is 1. The van der Waals surface area contributed by atoms with Gasteiger partial charge in [0.1, 0.15) is 5.60 Å². The molecule has 0 bridgehead atoms. The standard InChI is InChI=1S/C16H26N2O3/c1-6-11(2)17-14(19)12-7-9-13(10-8-12)18-15(20)21-16(3,4)5/h1,11-13H,7-10H2,2-5H3,(H,17,19)(H,18,20). The van der Waals surface area contributed by atoms with Gasteiger partial charge in [-0.15, -0.1) is 6.42 Å². The summed E-state index contributed by atoms with van der Waals surface area (Å²) in [6, 6.07) is -0.163. The summed E-state index contributed by atoms with van der Waals surface area (Å²) in [5.74, 6) is 2.48. The molecule has 2 amide bonds. The molecule has 0 spiro atoms. The highest BCUT2D eigenvalue weighted by Crippen LogP contribution is 2.24. The first-order valence-electron chi connectivity index (χ1n) is 7.47. The molecular weight excluding hydrogens is 268 g/mol. The van der Waals surface area contributed by atoms with Crippen molar-refractivity contribution in [3.63, 3.8) is 0 Å². The molecule has 0 aliphatic heterocycles. The molecule has 0 aromatic carbocycles. The minimum atomic E-state index is -0.494. The predicted octanol–water partition coefficient (Wildman–Crippen LogP) is 2.21. The van der Waals surface area contributed by atoms with E-state index in [9.17, 15) is 9.59 Å². The molecule has 1 aliphatic rings. The molecule has 0 heterocycles. The van der Waals surface area contributed by atoms with Crippen LogP contribution in [0.15, 0.2) is 0 Å². The monoisotopic (exact) mass is 294 g/mol. The van der Waals surface area contributed by atoms with Gasteiger partial charge >= 0.3 is 6.09 Å². The lowest BCUT2D eigenvalue weighted by Crippen LogP contribution is -2.43. The number of carbonyl (C=O) groups is 2. The van der Waals surface area contributed by atoms with E-state index < -0.39 is 11.7 Å². The van der Waals surface area contributed by atoms with E-state index >= 15 is 0 Å². The first kappa shape index (κ1) is 17.4. The zero-order valence-corrected chi connectivity index (χ0v) is 13.4. The fourth-order valence-corrected chi connectivity index (χ4v) is 2.35. The van der Waals surface area contributed by atoms with Gasteiger partial charge in [-0.25, -0.2) is 4.79 Å². The van der Waals surface area contributed by atoms with E-state index in [4.69, 9.17) is 11.2 Å². The van der Waals surface area contributed by atoms with Crippen molar-refractivity contribution < 1.29 is 14.3 Å². The molecule has 1 fully saturated rings. The number of terminal acetylenes is 1. The Bertz CT molecular complexity index is 412. The van der Waals surface area contributed by atoms with E-state index in [1.165, 1.54) is 0 Å². The Hall–Kier alpha value is -1.70. The zero-order valence-electron chi connectivity index (χ0n) is 13.4. The quantitative estimate of drug-likeness (QED) is 0.784. The largest absolute Gasteiger partial charge is 0.444 e. The van der Waals surface area contributed by atoms with Crippen LogP contribution >= 0.6 is 0 Å². The van der Waals surface area contributed by atoms with Crippen molar-refractivity contribution in [2.24, 2.45) is 5.92 Å². The second-order valence-corrected chi connectivity index (χ2v) is 6.59. The van der Waals surface area contributed by atoms with Crippen LogP contribution < -0.4 is 10.6 Å². The fourth-order valence-electron chi connectivity index (χ4n) is 2.35. The van der Waals surface area contributed by atoms with Crippen LogP contribution in [0, 0.1) is 18.3 Å². The lowest BCUT2D eigenvalue weighted by Gasteiger charge is -2.29. The van der Waals surface area contributed by atoms with E-state index in [0.717, 1.165) is 25.7 Å². The van der Waals surface area contributed by atoms with Gasteiger partial charge in [0, 0.05) is 12.0 Å². The molecule has 1 saturated carbocycles. The molecule has 21 heavy (non-hydrogen) atoms. The van der Waals surface area contributed by atoms with Gasteiger partial charge in [0.15, 0.2) is 0 Å². The van der Waals surface area contributed by atoms with Gasteiger partial charge in [0.05, 0.1) is 6.04 Å². The molecule has 1 unspecified atom stereocenters. The normalized spacial score (nSPS) is 23.6. The highest BCUT2D eigenvalue weighted by atomic mass is 16.6. The van der Waals surface area contributed by atoms with Crippen LogP contribution in [0.4, 0.5) is 4.79 Å². The van der Waals surface area contributed by atoms with Crippen molar-refractivity contribution in [3.05, 3.63) is 0 Å². The third kappa shape index (κ3) is 6.52.